The summed E-state index contributed by atoms with van der Waals surface area (Å²) in [6.45, 7) is 6.82. The lowest BCUT2D eigenvalue weighted by Gasteiger charge is -2.28. The summed E-state index contributed by atoms with van der Waals surface area (Å²) in [5.41, 5.74) is 0.390. The summed E-state index contributed by atoms with van der Waals surface area (Å²) in [7, 11) is 0. The standard InChI is InChI=1S/C21H19BrF2N4O3/c1-11-13(22)6-5-7-15(11)28(20(30)31-21(2,3)4)19-16-14(8-12(10-29)9-25-16)26-18(27-19)17(23)24/h5-10,17H,1-4H3. The molecule has 10 heteroatoms. The van der Waals surface area contributed by atoms with Gasteiger partial charge in [-0.3, -0.25) is 4.79 Å². The number of rotatable bonds is 4. The van der Waals surface area contributed by atoms with E-state index in [0.29, 0.717) is 22.0 Å². The third kappa shape index (κ3) is 4.84. The van der Waals surface area contributed by atoms with E-state index < -0.39 is 23.9 Å². The molecule has 3 rings (SSSR count). The van der Waals surface area contributed by atoms with E-state index in [4.69, 9.17) is 4.74 Å². The molecular weight excluding hydrogens is 474 g/mol. The third-order valence-corrected chi connectivity index (χ3v) is 5.01. The van der Waals surface area contributed by atoms with Gasteiger partial charge in [-0.05, 0) is 51.5 Å². The molecule has 0 bridgehead atoms. The number of carbonyl (C=O) groups excluding carboxylic acids is 2. The Bertz CT molecular complexity index is 1170. The number of anilines is 2. The van der Waals surface area contributed by atoms with Crippen molar-refractivity contribution >= 4 is 50.8 Å². The van der Waals surface area contributed by atoms with Crippen LogP contribution in [0.3, 0.4) is 0 Å². The van der Waals surface area contributed by atoms with Gasteiger partial charge in [-0.15, -0.1) is 0 Å². The van der Waals surface area contributed by atoms with Gasteiger partial charge in [-0.2, -0.15) is 0 Å². The molecule has 0 N–H and O–H groups in total. The summed E-state index contributed by atoms with van der Waals surface area (Å²) in [5.74, 6) is -0.971. The van der Waals surface area contributed by atoms with E-state index in [1.807, 2.05) is 0 Å². The molecule has 0 fully saturated rings. The molecule has 0 aliphatic rings. The molecule has 31 heavy (non-hydrogen) atoms. The molecule has 0 saturated heterocycles. The van der Waals surface area contributed by atoms with Crippen LogP contribution in [-0.2, 0) is 4.74 Å². The number of pyridine rings is 1. The van der Waals surface area contributed by atoms with Gasteiger partial charge in [-0.25, -0.2) is 33.4 Å². The lowest BCUT2D eigenvalue weighted by Crippen LogP contribution is -2.35. The fraction of sp³-hybridized carbons (Fsp3) is 0.286. The maximum Gasteiger partial charge on any atom is 0.420 e. The number of aldehydes is 1. The van der Waals surface area contributed by atoms with Crippen LogP contribution in [0.25, 0.3) is 11.0 Å². The highest BCUT2D eigenvalue weighted by molar-refractivity contribution is 9.10. The van der Waals surface area contributed by atoms with Crippen molar-refractivity contribution in [2.24, 2.45) is 0 Å². The van der Waals surface area contributed by atoms with Crippen LogP contribution in [0.5, 0.6) is 0 Å². The van der Waals surface area contributed by atoms with Crippen LogP contribution in [0.2, 0.25) is 0 Å². The lowest BCUT2D eigenvalue weighted by molar-refractivity contribution is 0.0597. The van der Waals surface area contributed by atoms with E-state index in [1.54, 1.807) is 45.9 Å². The minimum atomic E-state index is -3.01. The van der Waals surface area contributed by atoms with Crippen molar-refractivity contribution in [3.05, 3.63) is 51.9 Å². The molecule has 2 heterocycles. The molecule has 0 aliphatic heterocycles. The zero-order valence-electron chi connectivity index (χ0n) is 17.2. The maximum atomic E-state index is 13.6. The average Bonchev–Trinajstić information content (AvgIpc) is 2.69. The first kappa shape index (κ1) is 22.7. The second kappa shape index (κ2) is 8.62. The minimum Gasteiger partial charge on any atom is -0.443 e. The van der Waals surface area contributed by atoms with Gasteiger partial charge in [0, 0.05) is 16.2 Å². The van der Waals surface area contributed by atoms with Gasteiger partial charge in [0.15, 0.2) is 17.9 Å². The zero-order chi connectivity index (χ0) is 22.9. The predicted octanol–water partition coefficient (Wildman–Crippen LogP) is 5.92. The maximum absolute atomic E-state index is 13.6. The van der Waals surface area contributed by atoms with Gasteiger partial charge >= 0.3 is 6.09 Å². The third-order valence-electron chi connectivity index (χ3n) is 4.16. The topological polar surface area (TPSA) is 85.3 Å². The highest BCUT2D eigenvalue weighted by Crippen LogP contribution is 2.36. The van der Waals surface area contributed by atoms with Crippen LogP contribution in [0, 0.1) is 6.92 Å². The largest absolute Gasteiger partial charge is 0.443 e. The molecule has 0 unspecified atom stereocenters. The van der Waals surface area contributed by atoms with Crippen molar-refractivity contribution in [3.63, 3.8) is 0 Å². The number of nitrogens with zero attached hydrogens (tertiary/aromatic N) is 4. The monoisotopic (exact) mass is 492 g/mol. The van der Waals surface area contributed by atoms with Crippen LogP contribution in [0.1, 0.15) is 48.9 Å². The van der Waals surface area contributed by atoms with Crippen molar-refractivity contribution in [2.75, 3.05) is 4.90 Å². The molecule has 7 nitrogen and oxygen atoms in total. The summed E-state index contributed by atoms with van der Waals surface area (Å²) >= 11 is 3.42. The van der Waals surface area contributed by atoms with Crippen LogP contribution in [-0.4, -0.2) is 32.9 Å². The summed E-state index contributed by atoms with van der Waals surface area (Å²) < 4.78 is 33.4. The van der Waals surface area contributed by atoms with Crippen LogP contribution >= 0.6 is 15.9 Å². The van der Waals surface area contributed by atoms with E-state index in [1.165, 1.54) is 12.3 Å². The number of halogens is 3. The average molecular weight is 493 g/mol. The highest BCUT2D eigenvalue weighted by Gasteiger charge is 2.31. The summed E-state index contributed by atoms with van der Waals surface area (Å²) in [5, 5.41) is 0. The van der Waals surface area contributed by atoms with Gasteiger partial charge in [-0.1, -0.05) is 22.0 Å². The summed E-state index contributed by atoms with van der Waals surface area (Å²) in [6, 6.07) is 6.43. The van der Waals surface area contributed by atoms with Crippen molar-refractivity contribution in [3.8, 4) is 0 Å². The first-order valence-corrected chi connectivity index (χ1v) is 10.0. The number of benzene rings is 1. The van der Waals surface area contributed by atoms with E-state index in [9.17, 15) is 18.4 Å². The second-order valence-corrected chi connectivity index (χ2v) is 8.51. The minimum absolute atomic E-state index is 0.00566. The second-order valence-electron chi connectivity index (χ2n) is 7.66. The summed E-state index contributed by atoms with van der Waals surface area (Å²) in [6.07, 6.45) is -2.05. The molecule has 2 aromatic heterocycles. The number of aromatic nitrogens is 3. The Labute approximate surface area is 185 Å². The van der Waals surface area contributed by atoms with Gasteiger partial charge in [0.2, 0.25) is 0 Å². The van der Waals surface area contributed by atoms with Gasteiger partial charge in [0.1, 0.15) is 11.1 Å². The normalized spacial score (nSPS) is 11.6. The molecule has 1 amide bonds. The fourth-order valence-corrected chi connectivity index (χ4v) is 3.15. The van der Waals surface area contributed by atoms with E-state index in [2.05, 4.69) is 30.9 Å². The number of amides is 1. The van der Waals surface area contributed by atoms with Crippen molar-refractivity contribution in [2.45, 2.75) is 39.7 Å². The predicted molar refractivity (Wildman–Crippen MR) is 115 cm³/mol. The number of alkyl halides is 2. The Morgan fingerprint density at radius 2 is 1.97 bits per heavy atom. The molecule has 162 valence electrons. The number of hydrogen-bond acceptors (Lipinski definition) is 6. The smallest absolute Gasteiger partial charge is 0.420 e. The van der Waals surface area contributed by atoms with Gasteiger partial charge in [0.25, 0.3) is 6.43 Å². The molecule has 3 aromatic rings. The van der Waals surface area contributed by atoms with Gasteiger partial charge < -0.3 is 4.74 Å². The Kier molecular flexibility index (Phi) is 6.30. The molecule has 0 aliphatic carbocycles. The van der Waals surface area contributed by atoms with E-state index in [0.717, 1.165) is 4.90 Å². The molecular formula is C21H19BrF2N4O3. The van der Waals surface area contributed by atoms with Crippen molar-refractivity contribution < 1.29 is 23.1 Å². The van der Waals surface area contributed by atoms with Gasteiger partial charge in [0.05, 0.1) is 11.2 Å². The Morgan fingerprint density at radius 3 is 2.58 bits per heavy atom. The highest BCUT2D eigenvalue weighted by atomic mass is 79.9. The van der Waals surface area contributed by atoms with Crippen molar-refractivity contribution in [1.82, 2.24) is 15.0 Å². The molecule has 0 saturated carbocycles. The zero-order valence-corrected chi connectivity index (χ0v) is 18.8. The Hall–Kier alpha value is -3.01. The van der Waals surface area contributed by atoms with Crippen LogP contribution in [0.15, 0.2) is 34.9 Å². The number of hydrogen-bond donors (Lipinski definition) is 0. The number of ether oxygens (including phenoxy) is 1. The first-order valence-electron chi connectivity index (χ1n) is 9.21. The Morgan fingerprint density at radius 1 is 1.26 bits per heavy atom. The molecule has 0 radical (unpaired) electrons. The Balaban J connectivity index is 2.35. The summed E-state index contributed by atoms with van der Waals surface area (Å²) in [4.78, 5) is 37.4. The van der Waals surface area contributed by atoms with Crippen molar-refractivity contribution in [1.29, 1.82) is 0 Å². The van der Waals surface area contributed by atoms with E-state index in [-0.39, 0.29) is 22.4 Å². The molecule has 0 spiro atoms. The van der Waals surface area contributed by atoms with E-state index >= 15 is 0 Å². The fourth-order valence-electron chi connectivity index (χ4n) is 2.80. The lowest BCUT2D eigenvalue weighted by atomic mass is 10.1. The van der Waals surface area contributed by atoms with Crippen LogP contribution < -0.4 is 4.90 Å². The van der Waals surface area contributed by atoms with Crippen LogP contribution in [0.4, 0.5) is 25.1 Å². The first-order chi connectivity index (χ1) is 14.5. The number of carbonyl (C=O) groups is 2. The molecule has 0 atom stereocenters. The SMILES string of the molecule is Cc1c(Br)cccc1N(C(=O)OC(C)(C)C)c1nc(C(F)F)nc2cc(C=O)cnc12. The quantitative estimate of drug-likeness (QED) is 0.420. The number of fused-ring (bicyclic) bond motifs is 1. The molecule has 1 aromatic carbocycles.